The van der Waals surface area contributed by atoms with Gasteiger partial charge < -0.3 is 15.2 Å². The van der Waals surface area contributed by atoms with Crippen LogP contribution in [0.3, 0.4) is 0 Å². The zero-order chi connectivity index (χ0) is 15.4. The lowest BCUT2D eigenvalue weighted by Gasteiger charge is -2.17. The minimum atomic E-state index is -0.248. The van der Waals surface area contributed by atoms with E-state index in [0.29, 0.717) is 22.2 Å². The number of hydrogen-bond donors (Lipinski definition) is 1. The Bertz CT molecular complexity index is 632. The van der Waals surface area contributed by atoms with E-state index in [4.69, 9.17) is 38.4 Å². The van der Waals surface area contributed by atoms with Crippen LogP contribution in [0.2, 0.25) is 10.0 Å². The summed E-state index contributed by atoms with van der Waals surface area (Å²) < 4.78 is 10.6. The number of rotatable bonds is 5. The van der Waals surface area contributed by atoms with Crippen LogP contribution in [0.25, 0.3) is 0 Å². The number of nitrogens with two attached hydrogens (primary N) is 1. The average molecular weight is 326 g/mol. The quantitative estimate of drug-likeness (QED) is 0.893. The molecule has 0 amide bonds. The first-order chi connectivity index (χ1) is 10.1. The van der Waals surface area contributed by atoms with Crippen LogP contribution in [0.5, 0.6) is 11.5 Å². The van der Waals surface area contributed by atoms with Gasteiger partial charge in [-0.15, -0.1) is 0 Å². The lowest BCUT2D eigenvalue weighted by atomic mass is 9.98. The Morgan fingerprint density at radius 3 is 2.52 bits per heavy atom. The van der Waals surface area contributed by atoms with Crippen LogP contribution >= 0.6 is 23.2 Å². The molecule has 0 spiro atoms. The first-order valence-corrected chi connectivity index (χ1v) is 7.22. The summed E-state index contributed by atoms with van der Waals surface area (Å²) >= 11 is 12.2. The van der Waals surface area contributed by atoms with Crippen molar-refractivity contribution in [2.24, 2.45) is 5.73 Å². The van der Waals surface area contributed by atoms with Gasteiger partial charge >= 0.3 is 0 Å². The van der Waals surface area contributed by atoms with Gasteiger partial charge in [0.25, 0.3) is 0 Å². The van der Waals surface area contributed by atoms with Gasteiger partial charge in [-0.05, 0) is 24.1 Å². The maximum absolute atomic E-state index is 6.29. The van der Waals surface area contributed by atoms with E-state index in [-0.39, 0.29) is 6.04 Å². The van der Waals surface area contributed by atoms with Crippen molar-refractivity contribution >= 4 is 23.2 Å². The molecule has 0 aliphatic carbocycles. The Hall–Kier alpha value is -1.42. The molecular weight excluding hydrogens is 309 g/mol. The monoisotopic (exact) mass is 325 g/mol. The predicted octanol–water partition coefficient (Wildman–Crippen LogP) is 4.25. The Morgan fingerprint density at radius 2 is 1.86 bits per heavy atom. The number of ether oxygens (including phenoxy) is 2. The summed E-state index contributed by atoms with van der Waals surface area (Å²) in [6, 6.07) is 10.9. The molecule has 0 aromatic heterocycles. The van der Waals surface area contributed by atoms with Crippen LogP contribution in [-0.2, 0) is 6.42 Å². The Labute approximate surface area is 134 Å². The molecule has 0 saturated carbocycles. The van der Waals surface area contributed by atoms with Gasteiger partial charge in [0, 0.05) is 17.7 Å². The average Bonchev–Trinajstić information content (AvgIpc) is 2.51. The third-order valence-electron chi connectivity index (χ3n) is 3.31. The molecule has 2 rings (SSSR count). The van der Waals surface area contributed by atoms with Gasteiger partial charge in [0.05, 0.1) is 24.3 Å². The largest absolute Gasteiger partial charge is 0.497 e. The van der Waals surface area contributed by atoms with Gasteiger partial charge in [-0.2, -0.15) is 0 Å². The van der Waals surface area contributed by atoms with Crippen molar-refractivity contribution in [2.75, 3.05) is 14.2 Å². The molecular formula is C16H17Cl2NO2. The van der Waals surface area contributed by atoms with Gasteiger partial charge in [-0.25, -0.2) is 0 Å². The Balaban J connectivity index is 2.28. The topological polar surface area (TPSA) is 44.5 Å². The molecule has 0 heterocycles. The standard InChI is InChI=1S/C16H17Cl2NO2/c1-20-11-6-7-12(15(9-11)21-2)14(19)8-10-4-3-5-13(17)16(10)18/h3-7,9,14H,8,19H2,1-2H3. The number of halogens is 2. The molecule has 21 heavy (non-hydrogen) atoms. The van der Waals surface area contributed by atoms with E-state index < -0.39 is 0 Å². The highest BCUT2D eigenvalue weighted by molar-refractivity contribution is 6.42. The zero-order valence-electron chi connectivity index (χ0n) is 11.9. The summed E-state index contributed by atoms with van der Waals surface area (Å²) in [5, 5.41) is 1.07. The fourth-order valence-electron chi connectivity index (χ4n) is 2.18. The van der Waals surface area contributed by atoms with Gasteiger partial charge in [0.15, 0.2) is 0 Å². The zero-order valence-corrected chi connectivity index (χ0v) is 13.4. The third-order valence-corrected chi connectivity index (χ3v) is 4.17. The van der Waals surface area contributed by atoms with Gasteiger partial charge in [-0.3, -0.25) is 0 Å². The molecule has 2 aromatic rings. The summed E-state index contributed by atoms with van der Waals surface area (Å²) in [5.74, 6) is 1.42. The first kappa shape index (κ1) is 16.0. The van der Waals surface area contributed by atoms with Crippen LogP contribution < -0.4 is 15.2 Å². The van der Waals surface area contributed by atoms with Gasteiger partial charge in [0.2, 0.25) is 0 Å². The molecule has 5 heteroatoms. The number of methoxy groups -OCH3 is 2. The van der Waals surface area contributed by atoms with Crippen LogP contribution in [0.1, 0.15) is 17.2 Å². The Morgan fingerprint density at radius 1 is 1.10 bits per heavy atom. The normalized spacial score (nSPS) is 12.0. The smallest absolute Gasteiger partial charge is 0.127 e. The molecule has 0 aliphatic rings. The molecule has 2 aromatic carbocycles. The van der Waals surface area contributed by atoms with Crippen molar-refractivity contribution in [1.29, 1.82) is 0 Å². The first-order valence-electron chi connectivity index (χ1n) is 6.47. The second-order valence-corrected chi connectivity index (χ2v) is 5.42. The van der Waals surface area contributed by atoms with E-state index in [9.17, 15) is 0 Å². The number of hydrogen-bond acceptors (Lipinski definition) is 3. The fraction of sp³-hybridized carbons (Fsp3) is 0.250. The molecule has 0 bridgehead atoms. The molecule has 0 aliphatic heterocycles. The molecule has 1 unspecified atom stereocenters. The van der Waals surface area contributed by atoms with Crippen LogP contribution in [0.15, 0.2) is 36.4 Å². The summed E-state index contributed by atoms with van der Waals surface area (Å²) in [5.41, 5.74) is 8.10. The predicted molar refractivity (Wildman–Crippen MR) is 86.6 cm³/mol. The molecule has 3 nitrogen and oxygen atoms in total. The van der Waals surface area contributed by atoms with Crippen LogP contribution in [0.4, 0.5) is 0 Å². The maximum Gasteiger partial charge on any atom is 0.127 e. The van der Waals surface area contributed by atoms with Gasteiger partial charge in [-0.1, -0.05) is 41.4 Å². The highest BCUT2D eigenvalue weighted by Gasteiger charge is 2.15. The highest BCUT2D eigenvalue weighted by Crippen LogP contribution is 2.33. The van der Waals surface area contributed by atoms with Crippen molar-refractivity contribution in [3.8, 4) is 11.5 Å². The third kappa shape index (κ3) is 3.62. The van der Waals surface area contributed by atoms with Crippen molar-refractivity contribution in [3.63, 3.8) is 0 Å². The SMILES string of the molecule is COc1ccc(C(N)Cc2cccc(Cl)c2Cl)c(OC)c1. The van der Waals surface area contributed by atoms with Crippen LogP contribution in [0, 0.1) is 0 Å². The highest BCUT2D eigenvalue weighted by atomic mass is 35.5. The van der Waals surface area contributed by atoms with Crippen molar-refractivity contribution in [3.05, 3.63) is 57.6 Å². The lowest BCUT2D eigenvalue weighted by Crippen LogP contribution is -2.14. The molecule has 0 saturated heterocycles. The minimum absolute atomic E-state index is 0.248. The maximum atomic E-state index is 6.29. The second-order valence-electron chi connectivity index (χ2n) is 4.63. The van der Waals surface area contributed by atoms with E-state index in [0.717, 1.165) is 16.9 Å². The summed E-state index contributed by atoms with van der Waals surface area (Å²) in [6.45, 7) is 0. The van der Waals surface area contributed by atoms with Crippen LogP contribution in [-0.4, -0.2) is 14.2 Å². The van der Waals surface area contributed by atoms with E-state index >= 15 is 0 Å². The van der Waals surface area contributed by atoms with Gasteiger partial charge in [0.1, 0.15) is 11.5 Å². The van der Waals surface area contributed by atoms with Crippen molar-refractivity contribution in [1.82, 2.24) is 0 Å². The van der Waals surface area contributed by atoms with Crippen molar-refractivity contribution in [2.45, 2.75) is 12.5 Å². The van der Waals surface area contributed by atoms with Crippen molar-refractivity contribution < 1.29 is 9.47 Å². The molecule has 0 radical (unpaired) electrons. The fourth-order valence-corrected chi connectivity index (χ4v) is 2.57. The number of benzene rings is 2. The summed E-state index contributed by atoms with van der Waals surface area (Å²) in [6.07, 6.45) is 0.572. The Kier molecular flexibility index (Phi) is 5.34. The van der Waals surface area contributed by atoms with E-state index in [2.05, 4.69) is 0 Å². The van der Waals surface area contributed by atoms with E-state index in [1.165, 1.54) is 0 Å². The summed E-state index contributed by atoms with van der Waals surface area (Å²) in [4.78, 5) is 0. The molecule has 1 atom stereocenters. The second kappa shape index (κ2) is 7.03. The molecule has 112 valence electrons. The molecule has 2 N–H and O–H groups in total. The van der Waals surface area contributed by atoms with E-state index in [1.54, 1.807) is 20.3 Å². The summed E-state index contributed by atoms with van der Waals surface area (Å²) in [7, 11) is 3.22. The lowest BCUT2D eigenvalue weighted by molar-refractivity contribution is 0.388. The molecule has 0 fully saturated rings. The minimum Gasteiger partial charge on any atom is -0.497 e. The van der Waals surface area contributed by atoms with E-state index in [1.807, 2.05) is 30.3 Å².